The molecule has 3 saturated carbocycles. The lowest BCUT2D eigenvalue weighted by molar-refractivity contribution is -0.0669. The van der Waals surface area contributed by atoms with Gasteiger partial charge in [-0.15, -0.1) is 0 Å². The molecular weight excluding hydrogens is 186 g/mol. The molecule has 0 saturated heterocycles. The van der Waals surface area contributed by atoms with Crippen molar-refractivity contribution in [2.75, 3.05) is 0 Å². The van der Waals surface area contributed by atoms with E-state index in [9.17, 15) is 5.11 Å². The van der Waals surface area contributed by atoms with Crippen LogP contribution in [0.5, 0.6) is 0 Å². The Bertz CT molecular complexity index is 336. The third-order valence-corrected chi connectivity index (χ3v) is 4.41. The van der Waals surface area contributed by atoms with Crippen LogP contribution in [0.15, 0.2) is 24.4 Å². The van der Waals surface area contributed by atoms with Crippen LogP contribution in [0.3, 0.4) is 0 Å². The lowest BCUT2D eigenvalue weighted by atomic mass is 9.57. The minimum absolute atomic E-state index is 0.283. The highest BCUT2D eigenvalue weighted by Gasteiger charge is 2.48. The van der Waals surface area contributed by atoms with Crippen molar-refractivity contribution in [3.05, 3.63) is 30.1 Å². The van der Waals surface area contributed by atoms with E-state index in [0.717, 1.165) is 38.5 Å². The summed E-state index contributed by atoms with van der Waals surface area (Å²) in [6, 6.07) is 6.20. The summed E-state index contributed by atoms with van der Waals surface area (Å²) >= 11 is 0. The minimum Gasteiger partial charge on any atom is -0.390 e. The predicted octanol–water partition coefficient (Wildman–Crippen LogP) is 2.42. The molecule has 2 heteroatoms. The summed E-state index contributed by atoms with van der Waals surface area (Å²) in [7, 11) is 0. The summed E-state index contributed by atoms with van der Waals surface area (Å²) < 4.78 is 0. The number of rotatable bonds is 1. The zero-order valence-electron chi connectivity index (χ0n) is 8.95. The van der Waals surface area contributed by atoms with Crippen molar-refractivity contribution in [1.82, 2.24) is 4.98 Å². The molecule has 0 atom stereocenters. The Kier molecular flexibility index (Phi) is 1.90. The number of fused-ring (bicyclic) bond motifs is 3. The van der Waals surface area contributed by atoms with E-state index in [0.29, 0.717) is 0 Å². The smallest absolute Gasteiger partial charge is 0.0648 e. The zero-order chi connectivity index (χ0) is 10.4. The molecule has 0 radical (unpaired) electrons. The van der Waals surface area contributed by atoms with Gasteiger partial charge in [0.15, 0.2) is 0 Å². The molecule has 1 aromatic heterocycles. The van der Waals surface area contributed by atoms with Crippen molar-refractivity contribution >= 4 is 0 Å². The van der Waals surface area contributed by atoms with Crippen LogP contribution < -0.4 is 0 Å². The van der Waals surface area contributed by atoms with E-state index in [1.165, 1.54) is 5.69 Å². The largest absolute Gasteiger partial charge is 0.390 e. The fraction of sp³-hybridized carbons (Fsp3) is 0.615. The zero-order valence-corrected chi connectivity index (χ0v) is 8.95. The first-order valence-corrected chi connectivity index (χ1v) is 5.87. The molecule has 0 spiro atoms. The third kappa shape index (κ3) is 1.39. The average molecular weight is 203 g/mol. The van der Waals surface area contributed by atoms with Gasteiger partial charge >= 0.3 is 0 Å². The number of hydrogen-bond acceptors (Lipinski definition) is 2. The highest BCUT2D eigenvalue weighted by molar-refractivity contribution is 5.21. The lowest BCUT2D eigenvalue weighted by Crippen LogP contribution is -2.48. The first-order valence-electron chi connectivity index (χ1n) is 5.87. The highest BCUT2D eigenvalue weighted by atomic mass is 16.3. The third-order valence-electron chi connectivity index (χ3n) is 4.41. The number of aliphatic hydroxyl groups is 1. The van der Waals surface area contributed by atoms with Gasteiger partial charge < -0.3 is 5.11 Å². The topological polar surface area (TPSA) is 33.1 Å². The van der Waals surface area contributed by atoms with E-state index in [1.54, 1.807) is 0 Å². The Labute approximate surface area is 90.4 Å². The molecule has 80 valence electrons. The summed E-state index contributed by atoms with van der Waals surface area (Å²) in [5.41, 5.74) is 1.19. The van der Waals surface area contributed by atoms with E-state index < -0.39 is 0 Å². The average Bonchev–Trinajstić information content (AvgIpc) is 2.32. The first-order chi connectivity index (χ1) is 7.23. The molecule has 2 bridgehead atoms. The lowest BCUT2D eigenvalue weighted by Gasteiger charge is -2.50. The minimum atomic E-state index is -0.337. The second-order valence-electron chi connectivity index (χ2n) is 5.22. The number of hydrogen-bond donors (Lipinski definition) is 1. The summed E-state index contributed by atoms with van der Waals surface area (Å²) in [5, 5.41) is 10.2. The molecular formula is C13H17NO. The second kappa shape index (κ2) is 3.05. The van der Waals surface area contributed by atoms with E-state index in [2.05, 4.69) is 17.1 Å². The van der Waals surface area contributed by atoms with Crippen molar-refractivity contribution in [3.63, 3.8) is 0 Å². The number of nitrogens with zero attached hydrogens (tertiary/aromatic N) is 1. The molecule has 2 nitrogen and oxygen atoms in total. The van der Waals surface area contributed by atoms with Crippen LogP contribution in [0.4, 0.5) is 0 Å². The van der Waals surface area contributed by atoms with Crippen molar-refractivity contribution in [3.8, 4) is 0 Å². The van der Waals surface area contributed by atoms with Crippen LogP contribution in [-0.2, 0) is 5.41 Å². The molecule has 1 N–H and O–H groups in total. The van der Waals surface area contributed by atoms with Crippen LogP contribution in [-0.4, -0.2) is 15.7 Å². The second-order valence-corrected chi connectivity index (χ2v) is 5.22. The monoisotopic (exact) mass is 203 g/mol. The van der Waals surface area contributed by atoms with Crippen molar-refractivity contribution in [1.29, 1.82) is 0 Å². The van der Waals surface area contributed by atoms with Crippen molar-refractivity contribution in [2.24, 2.45) is 0 Å². The van der Waals surface area contributed by atoms with Gasteiger partial charge in [-0.1, -0.05) is 6.07 Å². The Morgan fingerprint density at radius 1 is 1.00 bits per heavy atom. The van der Waals surface area contributed by atoms with Crippen LogP contribution >= 0.6 is 0 Å². The standard InChI is InChI=1S/C13H17NO/c15-13-7-4-12(5-8-13,6-9-13)11-3-1-2-10-14-11/h1-3,10,15H,4-9H2. The quantitative estimate of drug-likeness (QED) is 0.760. The highest BCUT2D eigenvalue weighted by Crippen LogP contribution is 2.52. The van der Waals surface area contributed by atoms with Gasteiger partial charge in [-0.05, 0) is 50.7 Å². The SMILES string of the molecule is OC12CCC(c3ccccn3)(CC1)CC2. The van der Waals surface area contributed by atoms with Gasteiger partial charge in [0.05, 0.1) is 5.60 Å². The number of pyridine rings is 1. The normalized spacial score (nSPS) is 39.3. The molecule has 3 fully saturated rings. The van der Waals surface area contributed by atoms with Crippen LogP contribution in [0.1, 0.15) is 44.2 Å². The van der Waals surface area contributed by atoms with Crippen molar-refractivity contribution in [2.45, 2.75) is 49.5 Å². The van der Waals surface area contributed by atoms with E-state index in [4.69, 9.17) is 0 Å². The Morgan fingerprint density at radius 2 is 1.67 bits per heavy atom. The van der Waals surface area contributed by atoms with Gasteiger partial charge in [0.2, 0.25) is 0 Å². The first kappa shape index (κ1) is 9.34. The molecule has 0 aromatic carbocycles. The maximum absolute atomic E-state index is 10.2. The van der Waals surface area contributed by atoms with Crippen LogP contribution in [0.25, 0.3) is 0 Å². The van der Waals surface area contributed by atoms with Gasteiger partial charge in [-0.25, -0.2) is 0 Å². The Morgan fingerprint density at radius 3 is 2.20 bits per heavy atom. The molecule has 1 heterocycles. The van der Waals surface area contributed by atoms with Gasteiger partial charge in [0, 0.05) is 17.3 Å². The fourth-order valence-electron chi connectivity index (χ4n) is 3.23. The summed E-state index contributed by atoms with van der Waals surface area (Å²) in [5.74, 6) is 0. The molecule has 0 aliphatic heterocycles. The molecule has 1 aromatic rings. The maximum Gasteiger partial charge on any atom is 0.0648 e. The van der Waals surface area contributed by atoms with E-state index in [1.807, 2.05) is 12.3 Å². The van der Waals surface area contributed by atoms with E-state index >= 15 is 0 Å². The summed E-state index contributed by atoms with van der Waals surface area (Å²) in [4.78, 5) is 4.51. The molecule has 3 aliphatic carbocycles. The van der Waals surface area contributed by atoms with Gasteiger partial charge in [-0.2, -0.15) is 0 Å². The summed E-state index contributed by atoms with van der Waals surface area (Å²) in [6.45, 7) is 0. The maximum atomic E-state index is 10.2. The molecule has 0 amide bonds. The molecule has 0 unspecified atom stereocenters. The van der Waals surface area contributed by atoms with Crippen LogP contribution in [0, 0.1) is 0 Å². The molecule has 4 rings (SSSR count). The Hall–Kier alpha value is -0.890. The van der Waals surface area contributed by atoms with Gasteiger partial charge in [0.25, 0.3) is 0 Å². The fourth-order valence-corrected chi connectivity index (χ4v) is 3.23. The Balaban J connectivity index is 1.94. The van der Waals surface area contributed by atoms with Gasteiger partial charge in [-0.3, -0.25) is 4.98 Å². The summed E-state index contributed by atoms with van der Waals surface area (Å²) in [6.07, 6.45) is 8.11. The van der Waals surface area contributed by atoms with Crippen LogP contribution in [0.2, 0.25) is 0 Å². The molecule has 3 aliphatic rings. The van der Waals surface area contributed by atoms with Crippen molar-refractivity contribution < 1.29 is 5.11 Å². The van der Waals surface area contributed by atoms with E-state index in [-0.39, 0.29) is 11.0 Å². The predicted molar refractivity (Wildman–Crippen MR) is 58.6 cm³/mol. The number of aromatic nitrogens is 1. The van der Waals surface area contributed by atoms with Gasteiger partial charge in [0.1, 0.15) is 0 Å². The molecule has 15 heavy (non-hydrogen) atoms.